The fourth-order valence-corrected chi connectivity index (χ4v) is 1.83. The first-order chi connectivity index (χ1) is 8.20. The summed E-state index contributed by atoms with van der Waals surface area (Å²) in [6, 6.07) is 0. The van der Waals surface area contributed by atoms with Crippen molar-refractivity contribution in [1.29, 1.82) is 0 Å². The van der Waals surface area contributed by atoms with Crippen LogP contribution in [0.1, 0.15) is 23.9 Å². The largest absolute Gasteiger partial charge is 0.307 e. The Morgan fingerprint density at radius 1 is 1.29 bits per heavy atom. The van der Waals surface area contributed by atoms with Crippen LogP contribution >= 0.6 is 0 Å². The highest BCUT2D eigenvalue weighted by atomic mass is 15.4. The molecule has 0 aromatic carbocycles. The van der Waals surface area contributed by atoms with Crippen molar-refractivity contribution in [2.75, 3.05) is 0 Å². The smallest absolute Gasteiger partial charge is 0.0738 e. The van der Waals surface area contributed by atoms with Crippen LogP contribution in [0.15, 0.2) is 12.4 Å². The summed E-state index contributed by atoms with van der Waals surface area (Å²) in [5.74, 6) is 0. The lowest BCUT2D eigenvalue weighted by Gasteiger charge is -2.03. The molecule has 0 bridgehead atoms. The molecule has 0 saturated carbocycles. The van der Waals surface area contributed by atoms with Crippen LogP contribution < -0.4 is 5.32 Å². The van der Waals surface area contributed by atoms with Crippen molar-refractivity contribution in [2.24, 2.45) is 14.1 Å². The molecule has 0 amide bonds. The van der Waals surface area contributed by atoms with Crippen LogP contribution in [0.3, 0.4) is 0 Å². The highest BCUT2D eigenvalue weighted by molar-refractivity contribution is 5.16. The van der Waals surface area contributed by atoms with Gasteiger partial charge in [0.25, 0.3) is 0 Å². The highest BCUT2D eigenvalue weighted by Crippen LogP contribution is 2.06. The van der Waals surface area contributed by atoms with Gasteiger partial charge >= 0.3 is 0 Å². The Morgan fingerprint density at radius 3 is 2.76 bits per heavy atom. The first kappa shape index (κ1) is 11.8. The second-order valence-corrected chi connectivity index (χ2v) is 4.08. The van der Waals surface area contributed by atoms with Crippen LogP contribution in [0.25, 0.3) is 0 Å². The van der Waals surface area contributed by atoms with E-state index >= 15 is 0 Å². The van der Waals surface area contributed by atoms with Crippen molar-refractivity contribution in [3.8, 4) is 0 Å². The standard InChI is InChI=1S/C11H18N6/c1-4-11-9(8-16(2)14-11)5-12-6-10-7-13-15-17(10)3/h7-8,12H,4-6H2,1-3H3. The second kappa shape index (κ2) is 5.09. The molecule has 2 rings (SSSR count). The summed E-state index contributed by atoms with van der Waals surface area (Å²) >= 11 is 0. The summed E-state index contributed by atoms with van der Waals surface area (Å²) in [6.45, 7) is 3.71. The zero-order valence-corrected chi connectivity index (χ0v) is 10.5. The molecule has 17 heavy (non-hydrogen) atoms. The lowest BCUT2D eigenvalue weighted by atomic mass is 10.2. The van der Waals surface area contributed by atoms with E-state index in [1.807, 2.05) is 18.8 Å². The Bertz CT molecular complexity index is 484. The summed E-state index contributed by atoms with van der Waals surface area (Å²) in [5.41, 5.74) is 3.49. The summed E-state index contributed by atoms with van der Waals surface area (Å²) < 4.78 is 3.64. The van der Waals surface area contributed by atoms with E-state index < -0.39 is 0 Å². The van der Waals surface area contributed by atoms with Gasteiger partial charge in [0.2, 0.25) is 0 Å². The SMILES string of the molecule is CCc1nn(C)cc1CNCc1cnnn1C. The minimum Gasteiger partial charge on any atom is -0.307 e. The van der Waals surface area contributed by atoms with Gasteiger partial charge in [-0.1, -0.05) is 12.1 Å². The molecule has 0 saturated heterocycles. The normalized spacial score (nSPS) is 11.0. The van der Waals surface area contributed by atoms with E-state index in [9.17, 15) is 0 Å². The number of aromatic nitrogens is 5. The van der Waals surface area contributed by atoms with Crippen LogP contribution in [0.2, 0.25) is 0 Å². The molecule has 92 valence electrons. The van der Waals surface area contributed by atoms with E-state index in [1.54, 1.807) is 10.9 Å². The van der Waals surface area contributed by atoms with Crippen LogP contribution in [0, 0.1) is 0 Å². The molecule has 0 atom stereocenters. The number of nitrogens with one attached hydrogen (secondary N) is 1. The van der Waals surface area contributed by atoms with Gasteiger partial charge in [0.15, 0.2) is 0 Å². The average molecular weight is 234 g/mol. The van der Waals surface area contributed by atoms with Crippen LogP contribution in [-0.2, 0) is 33.6 Å². The number of hydrogen-bond donors (Lipinski definition) is 1. The quantitative estimate of drug-likeness (QED) is 0.813. The fraction of sp³-hybridized carbons (Fsp3) is 0.545. The Morgan fingerprint density at radius 2 is 2.12 bits per heavy atom. The summed E-state index contributed by atoms with van der Waals surface area (Å²) in [6.07, 6.45) is 4.80. The molecule has 0 fully saturated rings. The van der Waals surface area contributed by atoms with Gasteiger partial charge in [-0.2, -0.15) is 5.10 Å². The Kier molecular flexibility index (Phi) is 3.53. The molecular weight excluding hydrogens is 216 g/mol. The molecule has 2 aromatic rings. The van der Waals surface area contributed by atoms with Gasteiger partial charge in [0.1, 0.15) is 0 Å². The van der Waals surface area contributed by atoms with Gasteiger partial charge in [-0.25, -0.2) is 0 Å². The van der Waals surface area contributed by atoms with Crippen molar-refractivity contribution in [3.05, 3.63) is 29.3 Å². The molecule has 0 aliphatic heterocycles. The molecule has 0 radical (unpaired) electrons. The number of rotatable bonds is 5. The van der Waals surface area contributed by atoms with Crippen molar-refractivity contribution < 1.29 is 0 Å². The molecule has 1 N–H and O–H groups in total. The number of nitrogens with zero attached hydrogens (tertiary/aromatic N) is 5. The maximum absolute atomic E-state index is 4.41. The summed E-state index contributed by atoms with van der Waals surface area (Å²) in [7, 11) is 3.85. The third kappa shape index (κ3) is 2.71. The molecule has 6 heteroatoms. The minimum absolute atomic E-state index is 0.765. The fourth-order valence-electron chi connectivity index (χ4n) is 1.83. The van der Waals surface area contributed by atoms with Gasteiger partial charge in [0, 0.05) is 38.9 Å². The molecule has 0 spiro atoms. The van der Waals surface area contributed by atoms with Gasteiger partial charge in [-0.05, 0) is 6.42 Å². The molecule has 6 nitrogen and oxygen atoms in total. The maximum atomic E-state index is 4.41. The van der Waals surface area contributed by atoms with Gasteiger partial charge in [-0.15, -0.1) is 5.10 Å². The third-order valence-electron chi connectivity index (χ3n) is 2.76. The minimum atomic E-state index is 0.765. The van der Waals surface area contributed by atoms with E-state index in [2.05, 4.69) is 33.8 Å². The molecular formula is C11H18N6. The average Bonchev–Trinajstić information content (AvgIpc) is 2.86. The van der Waals surface area contributed by atoms with Crippen molar-refractivity contribution in [3.63, 3.8) is 0 Å². The Hall–Kier alpha value is -1.69. The van der Waals surface area contributed by atoms with E-state index in [-0.39, 0.29) is 0 Å². The van der Waals surface area contributed by atoms with Gasteiger partial charge < -0.3 is 5.32 Å². The molecule has 2 heterocycles. The van der Waals surface area contributed by atoms with Gasteiger partial charge in [0.05, 0.1) is 17.6 Å². The topological polar surface area (TPSA) is 60.6 Å². The Labute approximate surface area is 101 Å². The first-order valence-corrected chi connectivity index (χ1v) is 5.76. The van der Waals surface area contributed by atoms with E-state index in [0.717, 1.165) is 30.9 Å². The van der Waals surface area contributed by atoms with Crippen molar-refractivity contribution in [2.45, 2.75) is 26.4 Å². The monoisotopic (exact) mass is 234 g/mol. The molecule has 0 unspecified atom stereocenters. The highest BCUT2D eigenvalue weighted by Gasteiger charge is 2.05. The van der Waals surface area contributed by atoms with Crippen molar-refractivity contribution >= 4 is 0 Å². The van der Waals surface area contributed by atoms with E-state index in [1.165, 1.54) is 5.56 Å². The zero-order chi connectivity index (χ0) is 12.3. The zero-order valence-electron chi connectivity index (χ0n) is 10.5. The summed E-state index contributed by atoms with van der Waals surface area (Å²) in [4.78, 5) is 0. The van der Waals surface area contributed by atoms with Crippen molar-refractivity contribution in [1.82, 2.24) is 30.1 Å². The predicted octanol–water partition coefficient (Wildman–Crippen LogP) is 0.401. The lowest BCUT2D eigenvalue weighted by molar-refractivity contribution is 0.615. The predicted molar refractivity (Wildman–Crippen MR) is 64.1 cm³/mol. The molecule has 0 aliphatic carbocycles. The van der Waals surface area contributed by atoms with Gasteiger partial charge in [-0.3, -0.25) is 9.36 Å². The maximum Gasteiger partial charge on any atom is 0.0738 e. The third-order valence-corrected chi connectivity index (χ3v) is 2.76. The van der Waals surface area contributed by atoms with E-state index in [4.69, 9.17) is 0 Å². The first-order valence-electron chi connectivity index (χ1n) is 5.76. The Balaban J connectivity index is 1.92. The van der Waals surface area contributed by atoms with Crippen LogP contribution in [-0.4, -0.2) is 24.8 Å². The summed E-state index contributed by atoms with van der Waals surface area (Å²) in [5, 5.41) is 15.5. The second-order valence-electron chi connectivity index (χ2n) is 4.08. The van der Waals surface area contributed by atoms with Crippen LogP contribution in [0.4, 0.5) is 0 Å². The van der Waals surface area contributed by atoms with E-state index in [0.29, 0.717) is 0 Å². The molecule has 0 aliphatic rings. The van der Waals surface area contributed by atoms with Crippen LogP contribution in [0.5, 0.6) is 0 Å². The number of aryl methyl sites for hydroxylation is 3. The molecule has 2 aromatic heterocycles. The lowest BCUT2D eigenvalue weighted by Crippen LogP contribution is -2.15. The number of hydrogen-bond acceptors (Lipinski definition) is 4.